The zero-order valence-electron chi connectivity index (χ0n) is 12.0. The molecule has 1 saturated carbocycles. The molecular weight excluding hydrogens is 280 g/mol. The van der Waals surface area contributed by atoms with E-state index in [0.717, 1.165) is 16.9 Å². The largest absolute Gasteiger partial charge is 0.409 e. The number of amidine groups is 1. The highest BCUT2D eigenvalue weighted by molar-refractivity contribution is 7.99. The minimum Gasteiger partial charge on any atom is -0.409 e. The minimum absolute atomic E-state index is 0.165. The number of benzene rings is 2. The normalized spacial score (nSPS) is 16.7. The quantitative estimate of drug-likeness (QED) is 0.292. The molecule has 2 aromatic carbocycles. The molecule has 3 rings (SSSR count). The van der Waals surface area contributed by atoms with E-state index in [1.54, 1.807) is 0 Å². The number of oxime groups is 1. The first kappa shape index (κ1) is 14.3. The average Bonchev–Trinajstić information content (AvgIpc) is 3.05. The molecule has 110 valence electrons. The molecule has 0 atom stereocenters. The Labute approximate surface area is 129 Å². The highest BCUT2D eigenvalue weighted by atomic mass is 32.2. The van der Waals surface area contributed by atoms with Crippen molar-refractivity contribution in [2.75, 3.05) is 5.75 Å². The van der Waals surface area contributed by atoms with Crippen LogP contribution in [0.4, 0.5) is 0 Å². The predicted molar refractivity (Wildman–Crippen MR) is 89.1 cm³/mol. The topological polar surface area (TPSA) is 58.6 Å². The second-order valence-electron chi connectivity index (χ2n) is 5.60. The summed E-state index contributed by atoms with van der Waals surface area (Å²) < 4.78 is 0. The van der Waals surface area contributed by atoms with Crippen LogP contribution in [0.1, 0.15) is 31.2 Å². The molecule has 0 saturated heterocycles. The smallest absolute Gasteiger partial charge is 0.170 e. The summed E-state index contributed by atoms with van der Waals surface area (Å²) in [6, 6.07) is 12.2. The van der Waals surface area contributed by atoms with Gasteiger partial charge in [-0.1, -0.05) is 42.3 Å². The van der Waals surface area contributed by atoms with Gasteiger partial charge in [0.05, 0.1) is 0 Å². The standard InChI is InChI=1S/C17H20N2OS/c18-17(19-20)15-9-10-16(14-8-4-3-7-13(14)15)21-11-12-5-1-2-6-12/h3-4,7-10,12,20H,1-2,5-6,11H2,(H2,18,19). The van der Waals surface area contributed by atoms with Crippen LogP contribution in [0.3, 0.4) is 0 Å². The molecule has 3 nitrogen and oxygen atoms in total. The lowest BCUT2D eigenvalue weighted by atomic mass is 10.0. The number of rotatable bonds is 4. The van der Waals surface area contributed by atoms with Gasteiger partial charge < -0.3 is 10.9 Å². The Balaban J connectivity index is 1.92. The number of hydrogen-bond donors (Lipinski definition) is 2. The Morgan fingerprint density at radius 3 is 2.57 bits per heavy atom. The molecule has 0 heterocycles. The molecule has 0 amide bonds. The Kier molecular flexibility index (Phi) is 4.34. The monoisotopic (exact) mass is 300 g/mol. The van der Waals surface area contributed by atoms with E-state index >= 15 is 0 Å². The lowest BCUT2D eigenvalue weighted by Gasteiger charge is -2.12. The van der Waals surface area contributed by atoms with Gasteiger partial charge >= 0.3 is 0 Å². The van der Waals surface area contributed by atoms with Crippen LogP contribution in [0.2, 0.25) is 0 Å². The van der Waals surface area contributed by atoms with Crippen molar-refractivity contribution in [1.82, 2.24) is 0 Å². The van der Waals surface area contributed by atoms with E-state index in [4.69, 9.17) is 10.9 Å². The molecule has 21 heavy (non-hydrogen) atoms. The summed E-state index contributed by atoms with van der Waals surface area (Å²) >= 11 is 1.93. The molecule has 1 fully saturated rings. The Bertz CT molecular complexity index is 663. The average molecular weight is 300 g/mol. The van der Waals surface area contributed by atoms with E-state index in [9.17, 15) is 0 Å². The van der Waals surface area contributed by atoms with Crippen molar-refractivity contribution in [3.8, 4) is 0 Å². The molecular formula is C17H20N2OS. The molecule has 3 N–H and O–H groups in total. The van der Waals surface area contributed by atoms with Crippen molar-refractivity contribution in [3.05, 3.63) is 42.0 Å². The van der Waals surface area contributed by atoms with Gasteiger partial charge in [-0.2, -0.15) is 0 Å². The minimum atomic E-state index is 0.165. The molecule has 0 aliphatic heterocycles. The summed E-state index contributed by atoms with van der Waals surface area (Å²) in [7, 11) is 0. The molecule has 4 heteroatoms. The summed E-state index contributed by atoms with van der Waals surface area (Å²) in [5.74, 6) is 2.21. The summed E-state index contributed by atoms with van der Waals surface area (Å²) in [4.78, 5) is 1.28. The van der Waals surface area contributed by atoms with Crippen molar-refractivity contribution < 1.29 is 5.21 Å². The highest BCUT2D eigenvalue weighted by Crippen LogP contribution is 2.35. The Morgan fingerprint density at radius 2 is 1.86 bits per heavy atom. The first-order valence-corrected chi connectivity index (χ1v) is 8.40. The molecule has 2 aromatic rings. The van der Waals surface area contributed by atoms with E-state index in [0.29, 0.717) is 0 Å². The van der Waals surface area contributed by atoms with Crippen LogP contribution in [0.5, 0.6) is 0 Å². The van der Waals surface area contributed by atoms with Crippen molar-refractivity contribution in [2.45, 2.75) is 30.6 Å². The second kappa shape index (κ2) is 6.39. The summed E-state index contributed by atoms with van der Waals surface area (Å²) in [6.45, 7) is 0. The van der Waals surface area contributed by atoms with Gasteiger partial charge in [-0.15, -0.1) is 11.8 Å². The van der Waals surface area contributed by atoms with Gasteiger partial charge in [0, 0.05) is 16.2 Å². The first-order valence-electron chi connectivity index (χ1n) is 7.42. The van der Waals surface area contributed by atoms with E-state index in [1.807, 2.05) is 36.0 Å². The van der Waals surface area contributed by atoms with Crippen LogP contribution < -0.4 is 5.73 Å². The fraction of sp³-hybridized carbons (Fsp3) is 0.353. The summed E-state index contributed by atoms with van der Waals surface area (Å²) in [6.07, 6.45) is 5.50. The van der Waals surface area contributed by atoms with Crippen LogP contribution in [-0.4, -0.2) is 16.8 Å². The van der Waals surface area contributed by atoms with Crippen LogP contribution in [-0.2, 0) is 0 Å². The SMILES string of the molecule is N/C(=N/O)c1ccc(SCC2CCCC2)c2ccccc12. The lowest BCUT2D eigenvalue weighted by Crippen LogP contribution is -2.13. The molecule has 1 aliphatic rings. The van der Waals surface area contributed by atoms with Gasteiger partial charge in [-0.05, 0) is 41.7 Å². The molecule has 0 radical (unpaired) electrons. The van der Waals surface area contributed by atoms with Gasteiger partial charge in [0.25, 0.3) is 0 Å². The van der Waals surface area contributed by atoms with Crippen molar-refractivity contribution in [2.24, 2.45) is 16.8 Å². The third-order valence-electron chi connectivity index (χ3n) is 4.22. The summed E-state index contributed by atoms with van der Waals surface area (Å²) in [5.41, 5.74) is 6.57. The Morgan fingerprint density at radius 1 is 1.14 bits per heavy atom. The molecule has 0 bridgehead atoms. The van der Waals surface area contributed by atoms with Crippen molar-refractivity contribution in [1.29, 1.82) is 0 Å². The highest BCUT2D eigenvalue weighted by Gasteiger charge is 2.16. The fourth-order valence-corrected chi connectivity index (χ4v) is 4.31. The van der Waals surface area contributed by atoms with Gasteiger partial charge in [0.2, 0.25) is 0 Å². The zero-order valence-corrected chi connectivity index (χ0v) is 12.8. The lowest BCUT2D eigenvalue weighted by molar-refractivity contribution is 0.318. The maximum atomic E-state index is 8.92. The third kappa shape index (κ3) is 3.00. The number of hydrogen-bond acceptors (Lipinski definition) is 3. The van der Waals surface area contributed by atoms with E-state index < -0.39 is 0 Å². The van der Waals surface area contributed by atoms with Crippen molar-refractivity contribution in [3.63, 3.8) is 0 Å². The fourth-order valence-electron chi connectivity index (χ4n) is 3.06. The Hall–Kier alpha value is -1.68. The number of nitrogens with two attached hydrogens (primary N) is 1. The molecule has 0 unspecified atom stereocenters. The van der Waals surface area contributed by atoms with Crippen LogP contribution in [0.25, 0.3) is 10.8 Å². The predicted octanol–water partition coefficient (Wildman–Crippen LogP) is 4.22. The number of nitrogens with zero attached hydrogens (tertiary/aromatic N) is 1. The zero-order chi connectivity index (χ0) is 14.7. The molecule has 1 aliphatic carbocycles. The molecule has 0 spiro atoms. The van der Waals surface area contributed by atoms with Gasteiger partial charge in [-0.3, -0.25) is 0 Å². The van der Waals surface area contributed by atoms with E-state index in [1.165, 1.54) is 41.7 Å². The van der Waals surface area contributed by atoms with Gasteiger partial charge in [0.15, 0.2) is 5.84 Å². The van der Waals surface area contributed by atoms with Crippen LogP contribution in [0, 0.1) is 5.92 Å². The van der Waals surface area contributed by atoms with Crippen molar-refractivity contribution >= 4 is 28.4 Å². The maximum Gasteiger partial charge on any atom is 0.170 e. The number of thioether (sulfide) groups is 1. The first-order chi connectivity index (χ1) is 10.3. The molecule has 0 aromatic heterocycles. The van der Waals surface area contributed by atoms with Gasteiger partial charge in [0.1, 0.15) is 0 Å². The second-order valence-corrected chi connectivity index (χ2v) is 6.67. The van der Waals surface area contributed by atoms with Crippen LogP contribution in [0.15, 0.2) is 46.4 Å². The van der Waals surface area contributed by atoms with E-state index in [2.05, 4.69) is 17.3 Å². The summed E-state index contributed by atoms with van der Waals surface area (Å²) in [5, 5.41) is 14.3. The number of fused-ring (bicyclic) bond motifs is 1. The van der Waals surface area contributed by atoms with Crippen LogP contribution >= 0.6 is 11.8 Å². The maximum absolute atomic E-state index is 8.92. The third-order valence-corrected chi connectivity index (χ3v) is 5.52. The van der Waals surface area contributed by atoms with E-state index in [-0.39, 0.29) is 5.84 Å². The van der Waals surface area contributed by atoms with Gasteiger partial charge in [-0.25, -0.2) is 0 Å².